The maximum Gasteiger partial charge on any atom is 0.243 e. The Morgan fingerprint density at radius 1 is 1.59 bits per heavy atom. The molecule has 0 saturated carbocycles. The number of hydrogen-bond acceptors (Lipinski definition) is 4. The summed E-state index contributed by atoms with van der Waals surface area (Å²) in [6.45, 7) is 5.11. The molecule has 5 heteroatoms. The van der Waals surface area contributed by atoms with Crippen molar-refractivity contribution >= 4 is 11.7 Å². The van der Waals surface area contributed by atoms with E-state index in [-0.39, 0.29) is 17.4 Å². The molecule has 17 heavy (non-hydrogen) atoms. The van der Waals surface area contributed by atoms with Crippen molar-refractivity contribution in [2.24, 2.45) is 5.41 Å². The van der Waals surface area contributed by atoms with Crippen LogP contribution >= 0.6 is 0 Å². The van der Waals surface area contributed by atoms with Crippen LogP contribution in [0.3, 0.4) is 0 Å². The SMILES string of the molecule is CC1(C)CCCNC1C(=O)Nc1cccnn1. The fraction of sp³-hybridized carbons (Fsp3) is 0.583. The number of hydrogen-bond donors (Lipinski definition) is 2. The van der Waals surface area contributed by atoms with Gasteiger partial charge in [0.1, 0.15) is 0 Å². The Bertz CT molecular complexity index is 391. The predicted molar refractivity (Wildman–Crippen MR) is 65.5 cm³/mol. The largest absolute Gasteiger partial charge is 0.308 e. The van der Waals surface area contributed by atoms with Crippen molar-refractivity contribution in [1.82, 2.24) is 15.5 Å². The third kappa shape index (κ3) is 2.79. The van der Waals surface area contributed by atoms with Gasteiger partial charge in [-0.2, -0.15) is 5.10 Å². The van der Waals surface area contributed by atoms with E-state index in [9.17, 15) is 4.79 Å². The maximum absolute atomic E-state index is 12.1. The Kier molecular flexibility index (Phi) is 3.38. The lowest BCUT2D eigenvalue weighted by molar-refractivity contribution is -0.121. The zero-order chi connectivity index (χ0) is 12.3. The smallest absolute Gasteiger partial charge is 0.243 e. The molecular weight excluding hydrogens is 216 g/mol. The minimum atomic E-state index is -0.168. The molecule has 0 radical (unpaired) electrons. The quantitative estimate of drug-likeness (QED) is 0.806. The number of nitrogens with one attached hydrogen (secondary N) is 2. The van der Waals surface area contributed by atoms with Crippen LogP contribution < -0.4 is 10.6 Å². The molecule has 1 atom stereocenters. The maximum atomic E-state index is 12.1. The normalized spacial score (nSPS) is 23.1. The van der Waals surface area contributed by atoms with Gasteiger partial charge in [-0.3, -0.25) is 4.79 Å². The van der Waals surface area contributed by atoms with Crippen LogP contribution in [0.2, 0.25) is 0 Å². The summed E-state index contributed by atoms with van der Waals surface area (Å²) in [5, 5.41) is 13.6. The van der Waals surface area contributed by atoms with E-state index < -0.39 is 0 Å². The topological polar surface area (TPSA) is 66.9 Å². The number of nitrogens with zero attached hydrogens (tertiary/aromatic N) is 2. The fourth-order valence-electron chi connectivity index (χ4n) is 2.23. The average molecular weight is 234 g/mol. The highest BCUT2D eigenvalue weighted by atomic mass is 16.2. The third-order valence-electron chi connectivity index (χ3n) is 3.21. The van der Waals surface area contributed by atoms with Crippen LogP contribution in [0.15, 0.2) is 18.3 Å². The second kappa shape index (κ2) is 4.79. The van der Waals surface area contributed by atoms with Gasteiger partial charge in [-0.1, -0.05) is 13.8 Å². The molecule has 0 aliphatic carbocycles. The first-order valence-electron chi connectivity index (χ1n) is 5.91. The number of carbonyl (C=O) groups is 1. The molecular formula is C12H18N4O. The summed E-state index contributed by atoms with van der Waals surface area (Å²) < 4.78 is 0. The van der Waals surface area contributed by atoms with Gasteiger partial charge in [0, 0.05) is 6.20 Å². The molecule has 0 spiro atoms. The Morgan fingerprint density at radius 2 is 2.41 bits per heavy atom. The van der Waals surface area contributed by atoms with Crippen LogP contribution in [0.1, 0.15) is 26.7 Å². The number of rotatable bonds is 2. The first-order valence-corrected chi connectivity index (χ1v) is 5.91. The predicted octanol–water partition coefficient (Wildman–Crippen LogP) is 1.19. The lowest BCUT2D eigenvalue weighted by Gasteiger charge is -2.38. The molecule has 1 aromatic rings. The van der Waals surface area contributed by atoms with Gasteiger partial charge in [-0.25, -0.2) is 0 Å². The summed E-state index contributed by atoms with van der Waals surface area (Å²) in [7, 11) is 0. The van der Waals surface area contributed by atoms with Crippen molar-refractivity contribution in [2.75, 3.05) is 11.9 Å². The van der Waals surface area contributed by atoms with Gasteiger partial charge in [0.2, 0.25) is 5.91 Å². The van der Waals surface area contributed by atoms with Gasteiger partial charge >= 0.3 is 0 Å². The standard InChI is InChI=1S/C12H18N4O/c1-12(2)6-4-7-13-10(12)11(17)15-9-5-3-8-14-16-9/h3,5,8,10,13H,4,6-7H2,1-2H3,(H,15,16,17). The minimum Gasteiger partial charge on any atom is -0.308 e. The molecule has 2 heterocycles. The van der Waals surface area contributed by atoms with Crippen LogP contribution in [0.5, 0.6) is 0 Å². The highest BCUT2D eigenvalue weighted by Gasteiger charge is 2.37. The molecule has 1 amide bonds. The van der Waals surface area contributed by atoms with Crippen molar-refractivity contribution in [3.8, 4) is 0 Å². The van der Waals surface area contributed by atoms with E-state index in [1.54, 1.807) is 18.3 Å². The summed E-state index contributed by atoms with van der Waals surface area (Å²) in [4.78, 5) is 12.1. The van der Waals surface area contributed by atoms with Crippen molar-refractivity contribution < 1.29 is 4.79 Å². The molecule has 0 bridgehead atoms. The zero-order valence-corrected chi connectivity index (χ0v) is 10.2. The van der Waals surface area contributed by atoms with Gasteiger partial charge in [0.15, 0.2) is 5.82 Å². The first-order chi connectivity index (χ1) is 8.09. The molecule has 1 saturated heterocycles. The Morgan fingerprint density at radius 3 is 3.06 bits per heavy atom. The van der Waals surface area contributed by atoms with Gasteiger partial charge < -0.3 is 10.6 Å². The minimum absolute atomic E-state index is 0.0233. The lowest BCUT2D eigenvalue weighted by atomic mass is 9.77. The molecule has 1 aromatic heterocycles. The molecule has 1 unspecified atom stereocenters. The van der Waals surface area contributed by atoms with Crippen molar-refractivity contribution in [3.05, 3.63) is 18.3 Å². The number of piperidine rings is 1. The fourth-order valence-corrected chi connectivity index (χ4v) is 2.23. The van der Waals surface area contributed by atoms with Crippen LogP contribution in [-0.2, 0) is 4.79 Å². The monoisotopic (exact) mass is 234 g/mol. The van der Waals surface area contributed by atoms with Crippen LogP contribution in [-0.4, -0.2) is 28.7 Å². The average Bonchev–Trinajstić information content (AvgIpc) is 2.29. The Balaban J connectivity index is 2.04. The molecule has 1 fully saturated rings. The van der Waals surface area contributed by atoms with Gasteiger partial charge in [-0.15, -0.1) is 5.10 Å². The van der Waals surface area contributed by atoms with E-state index >= 15 is 0 Å². The Labute approximate surface area is 101 Å². The molecule has 2 rings (SSSR count). The number of amides is 1. The van der Waals surface area contributed by atoms with Crippen LogP contribution in [0.25, 0.3) is 0 Å². The second-order valence-corrected chi connectivity index (χ2v) is 5.08. The van der Waals surface area contributed by atoms with Gasteiger partial charge in [0.25, 0.3) is 0 Å². The van der Waals surface area contributed by atoms with Gasteiger partial charge in [-0.05, 0) is 36.9 Å². The molecule has 0 aromatic carbocycles. The summed E-state index contributed by atoms with van der Waals surface area (Å²) in [5.41, 5.74) is -0.0233. The Hall–Kier alpha value is -1.49. The molecule has 2 N–H and O–H groups in total. The number of carbonyl (C=O) groups excluding carboxylic acids is 1. The van der Waals surface area contributed by atoms with Gasteiger partial charge in [0.05, 0.1) is 6.04 Å². The van der Waals surface area contributed by atoms with Crippen molar-refractivity contribution in [1.29, 1.82) is 0 Å². The highest BCUT2D eigenvalue weighted by molar-refractivity contribution is 5.94. The second-order valence-electron chi connectivity index (χ2n) is 5.08. The van der Waals surface area contributed by atoms with E-state index in [1.807, 2.05) is 0 Å². The van der Waals surface area contributed by atoms with E-state index in [1.165, 1.54) is 0 Å². The number of aromatic nitrogens is 2. The van der Waals surface area contributed by atoms with Crippen molar-refractivity contribution in [2.45, 2.75) is 32.7 Å². The third-order valence-corrected chi connectivity index (χ3v) is 3.21. The lowest BCUT2D eigenvalue weighted by Crippen LogP contribution is -2.53. The highest BCUT2D eigenvalue weighted by Crippen LogP contribution is 2.30. The summed E-state index contributed by atoms with van der Waals surface area (Å²) in [6, 6.07) is 3.32. The zero-order valence-electron chi connectivity index (χ0n) is 10.2. The molecule has 1 aliphatic rings. The van der Waals surface area contributed by atoms with E-state index in [0.29, 0.717) is 5.82 Å². The molecule has 5 nitrogen and oxygen atoms in total. The summed E-state index contributed by atoms with van der Waals surface area (Å²) in [6.07, 6.45) is 3.75. The van der Waals surface area contributed by atoms with Crippen LogP contribution in [0.4, 0.5) is 5.82 Å². The van der Waals surface area contributed by atoms with Crippen molar-refractivity contribution in [3.63, 3.8) is 0 Å². The van der Waals surface area contributed by atoms with Crippen LogP contribution in [0, 0.1) is 5.41 Å². The van der Waals surface area contributed by atoms with E-state index in [4.69, 9.17) is 0 Å². The molecule has 92 valence electrons. The van der Waals surface area contributed by atoms with E-state index in [2.05, 4.69) is 34.7 Å². The van der Waals surface area contributed by atoms with E-state index in [0.717, 1.165) is 19.4 Å². The molecule has 1 aliphatic heterocycles. The first kappa shape index (κ1) is 12.0. The summed E-state index contributed by atoms with van der Waals surface area (Å²) in [5.74, 6) is 0.468. The summed E-state index contributed by atoms with van der Waals surface area (Å²) >= 11 is 0. The number of anilines is 1.